The number of aromatic nitrogens is 1. The second-order valence-corrected chi connectivity index (χ2v) is 7.72. The number of aryl methyl sites for hydroxylation is 1. The molecule has 1 aliphatic carbocycles. The lowest BCUT2D eigenvalue weighted by atomic mass is 9.94. The van der Waals surface area contributed by atoms with Gasteiger partial charge in [-0.25, -0.2) is 4.39 Å². The molecule has 0 spiro atoms. The summed E-state index contributed by atoms with van der Waals surface area (Å²) in [4.78, 5) is 11.7. The second-order valence-electron chi connectivity index (χ2n) is 7.34. The lowest BCUT2D eigenvalue weighted by molar-refractivity contribution is -0.120. The molecule has 142 valence electrons. The van der Waals surface area contributed by atoms with Crippen molar-refractivity contribution in [2.24, 2.45) is 0 Å². The number of nitrogen functional groups attached to an aromatic ring is 1. The Morgan fingerprint density at radius 3 is 2.64 bits per heavy atom. The highest BCUT2D eigenvalue weighted by molar-refractivity contribution is 6.36. The van der Waals surface area contributed by atoms with Gasteiger partial charge in [-0.3, -0.25) is 4.79 Å². The van der Waals surface area contributed by atoms with E-state index in [0.717, 1.165) is 34.9 Å². The van der Waals surface area contributed by atoms with Crippen molar-refractivity contribution in [3.63, 3.8) is 0 Å². The van der Waals surface area contributed by atoms with E-state index >= 15 is 0 Å². The lowest BCUT2D eigenvalue weighted by Gasteiger charge is -2.23. The van der Waals surface area contributed by atoms with Crippen LogP contribution in [0.5, 0.6) is 0 Å². The molecule has 4 rings (SSSR count). The first-order valence-corrected chi connectivity index (χ1v) is 9.59. The molecule has 0 saturated heterocycles. The zero-order valence-corrected chi connectivity index (χ0v) is 16.2. The summed E-state index contributed by atoms with van der Waals surface area (Å²) in [5.41, 5.74) is 9.60. The van der Waals surface area contributed by atoms with E-state index in [0.29, 0.717) is 29.8 Å². The molecule has 2 aromatic carbocycles. The third kappa shape index (κ3) is 2.94. The Bertz CT molecular complexity index is 1150. The Balaban J connectivity index is 1.97. The van der Waals surface area contributed by atoms with E-state index in [2.05, 4.69) is 10.6 Å². The number of nitrogens with zero attached hydrogens (tertiary/aromatic N) is 2. The van der Waals surface area contributed by atoms with Crippen LogP contribution in [0.25, 0.3) is 22.0 Å². The number of nitriles is 1. The zero-order valence-electron chi connectivity index (χ0n) is 15.4. The summed E-state index contributed by atoms with van der Waals surface area (Å²) in [7, 11) is 0. The molecule has 4 nitrogen and oxygen atoms in total. The van der Waals surface area contributed by atoms with E-state index in [1.165, 1.54) is 6.07 Å². The van der Waals surface area contributed by atoms with Gasteiger partial charge in [0.05, 0.1) is 22.3 Å². The number of anilines is 1. The van der Waals surface area contributed by atoms with Gasteiger partial charge in [0.1, 0.15) is 11.6 Å². The molecule has 28 heavy (non-hydrogen) atoms. The average Bonchev–Trinajstić information content (AvgIpc) is 3.04. The fourth-order valence-electron chi connectivity index (χ4n) is 4.02. The van der Waals surface area contributed by atoms with Crippen LogP contribution in [0, 0.1) is 24.1 Å². The van der Waals surface area contributed by atoms with E-state index in [-0.39, 0.29) is 16.8 Å². The Labute approximate surface area is 167 Å². The Hall–Kier alpha value is -2.84. The normalized spacial score (nSPS) is 15.1. The van der Waals surface area contributed by atoms with Crippen molar-refractivity contribution in [3.8, 4) is 17.2 Å². The van der Waals surface area contributed by atoms with Gasteiger partial charge in [-0.15, -0.1) is 0 Å². The van der Waals surface area contributed by atoms with Gasteiger partial charge in [-0.1, -0.05) is 11.6 Å². The van der Waals surface area contributed by atoms with Crippen molar-refractivity contribution >= 4 is 34.0 Å². The average molecular weight is 396 g/mol. The van der Waals surface area contributed by atoms with Crippen molar-refractivity contribution in [2.75, 3.05) is 5.73 Å². The number of rotatable bonds is 2. The summed E-state index contributed by atoms with van der Waals surface area (Å²) >= 11 is 6.37. The molecule has 0 amide bonds. The first kappa shape index (κ1) is 18.5. The van der Waals surface area contributed by atoms with Crippen molar-refractivity contribution in [1.29, 1.82) is 5.26 Å². The molecule has 1 aliphatic rings. The SMILES string of the molecule is Cc1cc2c(cc1C#N)c(-c1ccc(F)c(N)c1Cl)cn2C1CCC(=O)CC1. The van der Waals surface area contributed by atoms with Crippen molar-refractivity contribution in [3.05, 3.63) is 52.4 Å². The fraction of sp³-hybridized carbons (Fsp3) is 0.273. The minimum absolute atomic E-state index is 0.0871. The van der Waals surface area contributed by atoms with Crippen molar-refractivity contribution < 1.29 is 9.18 Å². The van der Waals surface area contributed by atoms with Crippen LogP contribution in [0.2, 0.25) is 5.02 Å². The molecule has 1 heterocycles. The topological polar surface area (TPSA) is 71.8 Å². The molecular formula is C22H19ClFN3O. The number of halogens is 2. The van der Waals surface area contributed by atoms with Gasteiger partial charge in [-0.05, 0) is 49.6 Å². The summed E-state index contributed by atoms with van der Waals surface area (Å²) in [6.07, 6.45) is 4.68. The Morgan fingerprint density at radius 2 is 1.96 bits per heavy atom. The van der Waals surface area contributed by atoms with Crippen LogP contribution < -0.4 is 5.73 Å². The molecule has 6 heteroatoms. The number of ketones is 1. The number of benzene rings is 2. The van der Waals surface area contributed by atoms with Crippen LogP contribution in [0.3, 0.4) is 0 Å². The molecule has 2 N–H and O–H groups in total. The summed E-state index contributed by atoms with van der Waals surface area (Å²) in [5, 5.41) is 10.5. The predicted molar refractivity (Wildman–Crippen MR) is 109 cm³/mol. The molecule has 1 saturated carbocycles. The molecule has 1 aromatic heterocycles. The number of carbonyl (C=O) groups is 1. The van der Waals surface area contributed by atoms with Crippen LogP contribution in [-0.4, -0.2) is 10.4 Å². The molecule has 0 aliphatic heterocycles. The first-order chi connectivity index (χ1) is 13.4. The summed E-state index contributed by atoms with van der Waals surface area (Å²) < 4.78 is 16.0. The number of hydrogen-bond acceptors (Lipinski definition) is 3. The van der Waals surface area contributed by atoms with Crippen LogP contribution in [0.15, 0.2) is 30.5 Å². The Morgan fingerprint density at radius 1 is 1.25 bits per heavy atom. The summed E-state index contributed by atoms with van der Waals surface area (Å²) in [6.45, 7) is 1.91. The third-order valence-electron chi connectivity index (χ3n) is 5.62. The van der Waals surface area contributed by atoms with Gasteiger partial charge in [0.2, 0.25) is 0 Å². The number of carbonyl (C=O) groups excluding carboxylic acids is 1. The van der Waals surface area contributed by atoms with Gasteiger partial charge in [-0.2, -0.15) is 5.26 Å². The van der Waals surface area contributed by atoms with Gasteiger partial charge in [0, 0.05) is 47.1 Å². The smallest absolute Gasteiger partial charge is 0.147 e. The Kier molecular flexibility index (Phi) is 4.60. The molecule has 0 atom stereocenters. The fourth-order valence-corrected chi connectivity index (χ4v) is 4.27. The van der Waals surface area contributed by atoms with E-state index in [1.807, 2.05) is 25.3 Å². The summed E-state index contributed by atoms with van der Waals surface area (Å²) in [5.74, 6) is -0.262. The van der Waals surface area contributed by atoms with E-state index in [1.54, 1.807) is 6.07 Å². The number of Topliss-reactive ketones (excluding diaryl/α,β-unsaturated/α-hetero) is 1. The van der Waals surface area contributed by atoms with Gasteiger partial charge in [0.25, 0.3) is 0 Å². The van der Waals surface area contributed by atoms with Gasteiger partial charge < -0.3 is 10.3 Å². The molecule has 0 radical (unpaired) electrons. The highest BCUT2D eigenvalue weighted by Gasteiger charge is 2.24. The monoisotopic (exact) mass is 395 g/mol. The highest BCUT2D eigenvalue weighted by atomic mass is 35.5. The molecule has 3 aromatic rings. The first-order valence-electron chi connectivity index (χ1n) is 9.21. The number of hydrogen-bond donors (Lipinski definition) is 1. The maximum absolute atomic E-state index is 13.8. The molecule has 0 bridgehead atoms. The highest BCUT2D eigenvalue weighted by Crippen LogP contribution is 2.41. The predicted octanol–water partition coefficient (Wildman–Crippen LogP) is 5.55. The molecule has 0 unspecified atom stereocenters. The van der Waals surface area contributed by atoms with Crippen LogP contribution in [0.4, 0.5) is 10.1 Å². The van der Waals surface area contributed by atoms with E-state index < -0.39 is 5.82 Å². The minimum atomic E-state index is -0.558. The van der Waals surface area contributed by atoms with Gasteiger partial charge >= 0.3 is 0 Å². The maximum atomic E-state index is 13.8. The number of fused-ring (bicyclic) bond motifs is 1. The van der Waals surface area contributed by atoms with Crippen LogP contribution in [-0.2, 0) is 4.79 Å². The van der Waals surface area contributed by atoms with Crippen LogP contribution >= 0.6 is 11.6 Å². The van der Waals surface area contributed by atoms with E-state index in [9.17, 15) is 14.4 Å². The minimum Gasteiger partial charge on any atom is -0.395 e. The largest absolute Gasteiger partial charge is 0.395 e. The quantitative estimate of drug-likeness (QED) is 0.578. The van der Waals surface area contributed by atoms with Crippen LogP contribution in [0.1, 0.15) is 42.9 Å². The standard InChI is InChI=1S/C22H19ClFN3O/c1-12-8-20-17(9-13(12)10-25)18(16-6-7-19(24)22(26)21(16)23)11-27(20)14-2-4-15(28)5-3-14/h6-9,11,14H,2-5,26H2,1H3. The zero-order chi connectivity index (χ0) is 20.0. The summed E-state index contributed by atoms with van der Waals surface area (Å²) in [6, 6.07) is 9.18. The van der Waals surface area contributed by atoms with E-state index in [4.69, 9.17) is 17.3 Å². The second kappa shape index (κ2) is 6.96. The number of nitrogens with two attached hydrogens (primary N) is 1. The van der Waals surface area contributed by atoms with Crippen molar-refractivity contribution in [2.45, 2.75) is 38.6 Å². The third-order valence-corrected chi connectivity index (χ3v) is 6.03. The lowest BCUT2D eigenvalue weighted by Crippen LogP contribution is -2.17. The van der Waals surface area contributed by atoms with Gasteiger partial charge in [0.15, 0.2) is 0 Å². The molecule has 1 fully saturated rings. The molecular weight excluding hydrogens is 377 g/mol. The maximum Gasteiger partial charge on any atom is 0.147 e. The van der Waals surface area contributed by atoms with Crippen molar-refractivity contribution in [1.82, 2.24) is 4.57 Å².